The number of hydrogen-bond acceptors (Lipinski definition) is 9. The third-order valence-electron chi connectivity index (χ3n) is 4.63. The number of nitro groups is 1. The van der Waals surface area contributed by atoms with E-state index in [1.807, 2.05) is 0 Å². The summed E-state index contributed by atoms with van der Waals surface area (Å²) in [6.45, 7) is 0.325. The zero-order valence-electron chi connectivity index (χ0n) is 18.0. The molecule has 33 heavy (non-hydrogen) atoms. The second kappa shape index (κ2) is 10.6. The average molecular weight is 478 g/mol. The fourth-order valence-electron chi connectivity index (χ4n) is 3.07. The average Bonchev–Trinajstić information content (AvgIpc) is 2.82. The van der Waals surface area contributed by atoms with E-state index >= 15 is 0 Å². The van der Waals surface area contributed by atoms with E-state index in [4.69, 9.17) is 25.8 Å². The first-order chi connectivity index (χ1) is 15.9. The largest absolute Gasteiger partial charge is 0.493 e. The van der Waals surface area contributed by atoms with Crippen LogP contribution in [0.3, 0.4) is 0 Å². The van der Waals surface area contributed by atoms with E-state index in [1.54, 1.807) is 12.1 Å². The van der Waals surface area contributed by atoms with E-state index in [-0.39, 0.29) is 35.4 Å². The second-order valence-corrected chi connectivity index (χ2v) is 7.07. The number of aromatic nitrogens is 2. The zero-order valence-corrected chi connectivity index (χ0v) is 18.8. The van der Waals surface area contributed by atoms with Crippen LogP contribution in [-0.4, -0.2) is 36.2 Å². The molecule has 10 nitrogen and oxygen atoms in total. The topological polar surface area (TPSA) is 121 Å². The number of ether oxygens (including phenoxy) is 3. The van der Waals surface area contributed by atoms with Crippen LogP contribution in [0.2, 0.25) is 5.02 Å². The summed E-state index contributed by atoms with van der Waals surface area (Å²) in [6, 6.07) is 7.61. The first-order valence-electron chi connectivity index (χ1n) is 9.57. The molecule has 0 amide bonds. The molecule has 0 aliphatic carbocycles. The molecule has 0 atom stereocenters. The number of methoxy groups -OCH3 is 3. The van der Waals surface area contributed by atoms with E-state index < -0.39 is 10.7 Å². The van der Waals surface area contributed by atoms with E-state index in [9.17, 15) is 14.5 Å². The van der Waals surface area contributed by atoms with Gasteiger partial charge in [-0.2, -0.15) is 0 Å². The minimum atomic E-state index is -0.586. The third kappa shape index (κ3) is 5.50. The van der Waals surface area contributed by atoms with Gasteiger partial charge in [0.05, 0.1) is 31.3 Å². The van der Waals surface area contributed by atoms with Crippen molar-refractivity contribution >= 4 is 28.9 Å². The van der Waals surface area contributed by atoms with Gasteiger partial charge >= 0.3 is 5.69 Å². The number of benzene rings is 2. The van der Waals surface area contributed by atoms with Gasteiger partial charge in [0.1, 0.15) is 12.1 Å². The molecular weight excluding hydrogens is 457 g/mol. The van der Waals surface area contributed by atoms with Crippen molar-refractivity contribution in [3.05, 3.63) is 68.7 Å². The molecule has 0 bridgehead atoms. The standard InChI is InChI=1S/C21H21ClFN5O5/c1-31-16-7-13(8-17(32-2)19(16)33-3)10-25-21-18(28(29)30)20(26-11-27-21)24-9-12-4-5-15(23)14(22)6-12/h4-8,11H,9-10H2,1-3H3,(H2,24,25,26,27). The maximum absolute atomic E-state index is 13.4. The van der Waals surface area contributed by atoms with Crippen LogP contribution in [0.25, 0.3) is 0 Å². The Bertz CT molecular complexity index is 1140. The van der Waals surface area contributed by atoms with Crippen molar-refractivity contribution < 1.29 is 23.5 Å². The van der Waals surface area contributed by atoms with Gasteiger partial charge in [-0.05, 0) is 35.4 Å². The molecule has 1 heterocycles. The minimum absolute atomic E-state index is 0.00263. The van der Waals surface area contributed by atoms with E-state index in [2.05, 4.69) is 20.6 Å². The van der Waals surface area contributed by atoms with Crippen molar-refractivity contribution in [1.82, 2.24) is 9.97 Å². The van der Waals surface area contributed by atoms with Crippen molar-refractivity contribution in [2.45, 2.75) is 13.1 Å². The Labute approximate surface area is 193 Å². The summed E-state index contributed by atoms with van der Waals surface area (Å²) in [5.41, 5.74) is 1.01. The van der Waals surface area contributed by atoms with Gasteiger partial charge in [0, 0.05) is 13.1 Å². The predicted molar refractivity (Wildman–Crippen MR) is 121 cm³/mol. The van der Waals surface area contributed by atoms with Gasteiger partial charge in [-0.1, -0.05) is 17.7 Å². The van der Waals surface area contributed by atoms with Crippen molar-refractivity contribution in [2.75, 3.05) is 32.0 Å². The first-order valence-corrected chi connectivity index (χ1v) is 9.95. The summed E-state index contributed by atoms with van der Waals surface area (Å²) in [5, 5.41) is 17.6. The Morgan fingerprint density at radius 1 is 0.970 bits per heavy atom. The van der Waals surface area contributed by atoms with E-state index in [0.717, 1.165) is 0 Å². The predicted octanol–water partition coefficient (Wildman–Crippen LogP) is 4.43. The Morgan fingerprint density at radius 3 is 2.03 bits per heavy atom. The monoisotopic (exact) mass is 477 g/mol. The quantitative estimate of drug-likeness (QED) is 0.322. The van der Waals surface area contributed by atoms with Gasteiger partial charge in [-0.15, -0.1) is 0 Å². The lowest BCUT2D eigenvalue weighted by Crippen LogP contribution is -2.10. The van der Waals surface area contributed by atoms with Crippen LogP contribution >= 0.6 is 11.6 Å². The fourth-order valence-corrected chi connectivity index (χ4v) is 3.27. The summed E-state index contributed by atoms with van der Waals surface area (Å²) < 4.78 is 29.3. The number of halogens is 2. The Hall–Kier alpha value is -3.86. The molecular formula is C21H21ClFN5O5. The van der Waals surface area contributed by atoms with E-state index in [1.165, 1.54) is 45.9 Å². The van der Waals surface area contributed by atoms with Crippen molar-refractivity contribution in [3.63, 3.8) is 0 Å². The highest BCUT2D eigenvalue weighted by molar-refractivity contribution is 6.30. The molecule has 0 radical (unpaired) electrons. The summed E-state index contributed by atoms with van der Waals surface area (Å²) in [7, 11) is 4.49. The SMILES string of the molecule is COc1cc(CNc2ncnc(NCc3ccc(F)c(Cl)c3)c2[N+](=O)[O-])cc(OC)c1OC. The molecule has 0 saturated carbocycles. The van der Waals surface area contributed by atoms with Crippen LogP contribution < -0.4 is 24.8 Å². The van der Waals surface area contributed by atoms with E-state index in [0.29, 0.717) is 28.4 Å². The van der Waals surface area contributed by atoms with Gasteiger partial charge in [-0.3, -0.25) is 10.1 Å². The molecule has 0 aliphatic heterocycles. The summed E-state index contributed by atoms with van der Waals surface area (Å²) in [6.07, 6.45) is 1.20. The Morgan fingerprint density at radius 2 is 1.55 bits per heavy atom. The van der Waals surface area contributed by atoms with Crippen LogP contribution in [0.15, 0.2) is 36.7 Å². The van der Waals surface area contributed by atoms with Gasteiger partial charge < -0.3 is 24.8 Å². The van der Waals surface area contributed by atoms with Crippen LogP contribution in [0.4, 0.5) is 21.7 Å². The fraction of sp³-hybridized carbons (Fsp3) is 0.238. The highest BCUT2D eigenvalue weighted by Gasteiger charge is 2.23. The molecule has 0 spiro atoms. The maximum atomic E-state index is 13.4. The van der Waals surface area contributed by atoms with Gasteiger partial charge in [0.25, 0.3) is 0 Å². The highest BCUT2D eigenvalue weighted by Crippen LogP contribution is 2.38. The third-order valence-corrected chi connectivity index (χ3v) is 4.92. The van der Waals surface area contributed by atoms with Gasteiger partial charge in [0.2, 0.25) is 17.4 Å². The van der Waals surface area contributed by atoms with Gasteiger partial charge in [-0.25, -0.2) is 14.4 Å². The molecule has 0 aliphatic rings. The van der Waals surface area contributed by atoms with Gasteiger partial charge in [0.15, 0.2) is 11.5 Å². The number of nitrogens with one attached hydrogen (secondary N) is 2. The smallest absolute Gasteiger partial charge is 0.353 e. The number of anilines is 2. The molecule has 3 rings (SSSR count). The van der Waals surface area contributed by atoms with Crippen molar-refractivity contribution in [2.24, 2.45) is 0 Å². The highest BCUT2D eigenvalue weighted by atomic mass is 35.5. The van der Waals surface area contributed by atoms with Crippen molar-refractivity contribution in [1.29, 1.82) is 0 Å². The molecule has 2 N–H and O–H groups in total. The molecule has 2 aromatic carbocycles. The lowest BCUT2D eigenvalue weighted by Gasteiger charge is -2.15. The number of hydrogen-bond donors (Lipinski definition) is 2. The molecule has 3 aromatic rings. The van der Waals surface area contributed by atoms with Crippen LogP contribution in [-0.2, 0) is 13.1 Å². The molecule has 0 fully saturated rings. The minimum Gasteiger partial charge on any atom is -0.493 e. The molecule has 1 aromatic heterocycles. The summed E-state index contributed by atoms with van der Waals surface area (Å²) >= 11 is 5.79. The van der Waals surface area contributed by atoms with Crippen LogP contribution in [0.1, 0.15) is 11.1 Å². The molecule has 12 heteroatoms. The first kappa shape index (κ1) is 23.8. The molecule has 0 unspecified atom stereocenters. The second-order valence-electron chi connectivity index (χ2n) is 6.67. The number of rotatable bonds is 10. The number of nitrogens with zero attached hydrogens (tertiary/aromatic N) is 3. The Kier molecular flexibility index (Phi) is 7.67. The Balaban J connectivity index is 1.82. The maximum Gasteiger partial charge on any atom is 0.353 e. The zero-order chi connectivity index (χ0) is 24.0. The van der Waals surface area contributed by atoms with Crippen molar-refractivity contribution in [3.8, 4) is 17.2 Å². The summed E-state index contributed by atoms with van der Waals surface area (Å²) in [5.74, 6) is 0.805. The lowest BCUT2D eigenvalue weighted by molar-refractivity contribution is -0.383. The summed E-state index contributed by atoms with van der Waals surface area (Å²) in [4.78, 5) is 19.2. The van der Waals surface area contributed by atoms with Crippen LogP contribution in [0, 0.1) is 15.9 Å². The van der Waals surface area contributed by atoms with Crippen LogP contribution in [0.5, 0.6) is 17.2 Å². The lowest BCUT2D eigenvalue weighted by atomic mass is 10.1. The molecule has 0 saturated heterocycles. The normalized spacial score (nSPS) is 10.5. The molecule has 174 valence electrons.